The maximum Gasteiger partial charge on any atom is 0.170 e. The summed E-state index contributed by atoms with van der Waals surface area (Å²) in [6.07, 6.45) is 5.44. The van der Waals surface area contributed by atoms with E-state index < -0.39 is 0 Å². The number of benzene rings is 1. The molecule has 3 atom stereocenters. The van der Waals surface area contributed by atoms with Crippen LogP contribution in [-0.4, -0.2) is 35.9 Å². The van der Waals surface area contributed by atoms with Crippen molar-refractivity contribution in [3.8, 4) is 5.75 Å². The number of aliphatic imine (C=N–C) groups is 1. The molecule has 0 spiro atoms. The summed E-state index contributed by atoms with van der Waals surface area (Å²) >= 11 is 0. The largest absolute Gasteiger partial charge is 0.511 e. The molecule has 3 aliphatic rings. The Balaban J connectivity index is 1.55. The van der Waals surface area contributed by atoms with Gasteiger partial charge in [0, 0.05) is 18.9 Å². The second-order valence-electron chi connectivity index (χ2n) is 7.20. The van der Waals surface area contributed by atoms with E-state index >= 15 is 0 Å². The molecule has 25 heavy (non-hydrogen) atoms. The van der Waals surface area contributed by atoms with Gasteiger partial charge >= 0.3 is 0 Å². The van der Waals surface area contributed by atoms with E-state index in [0.29, 0.717) is 30.3 Å². The van der Waals surface area contributed by atoms with Crippen LogP contribution in [0.4, 0.5) is 0 Å². The summed E-state index contributed by atoms with van der Waals surface area (Å²) in [7, 11) is 1.63. The number of hydrogen-bond acceptors (Lipinski definition) is 5. The molecule has 4 rings (SSSR count). The van der Waals surface area contributed by atoms with Gasteiger partial charge in [-0.25, -0.2) is 0 Å². The van der Waals surface area contributed by atoms with Gasteiger partial charge in [-0.15, -0.1) is 0 Å². The predicted octanol–water partition coefficient (Wildman–Crippen LogP) is 3.27. The Hall–Kier alpha value is -2.30. The molecule has 1 saturated carbocycles. The lowest BCUT2D eigenvalue weighted by atomic mass is 9.82. The number of hydrogen-bond donors (Lipinski definition) is 2. The van der Waals surface area contributed by atoms with Crippen LogP contribution >= 0.6 is 0 Å². The Kier molecular flexibility index (Phi) is 4.24. The summed E-state index contributed by atoms with van der Waals surface area (Å²) in [5.74, 6) is 1.56. The van der Waals surface area contributed by atoms with Crippen LogP contribution in [0.15, 0.2) is 40.6 Å². The van der Waals surface area contributed by atoms with Gasteiger partial charge in [-0.1, -0.05) is 25.0 Å². The molecule has 1 heterocycles. The number of Topliss-reactive ketones (excluding diaryl/α,β-unsaturated/α-hetero) is 1. The highest BCUT2D eigenvalue weighted by atomic mass is 16.5. The fraction of sp³-hybridized carbons (Fsp3) is 0.500. The SMILES string of the molecule is COc1ccc(C2CC(=O)C(C3=N[C@H]4CCCC[C@H]4N3)=C(O)C2)cc1. The topological polar surface area (TPSA) is 70.9 Å². The van der Waals surface area contributed by atoms with Crippen molar-refractivity contribution in [3.05, 3.63) is 41.2 Å². The minimum absolute atomic E-state index is 0.00596. The van der Waals surface area contributed by atoms with Gasteiger partial charge in [-0.3, -0.25) is 9.79 Å². The number of ketones is 1. The van der Waals surface area contributed by atoms with Crippen molar-refractivity contribution in [2.45, 2.75) is 56.5 Å². The van der Waals surface area contributed by atoms with Crippen molar-refractivity contribution in [1.29, 1.82) is 0 Å². The average molecular weight is 340 g/mol. The third kappa shape index (κ3) is 3.03. The molecule has 0 saturated heterocycles. The second kappa shape index (κ2) is 6.54. The molecule has 1 unspecified atom stereocenters. The van der Waals surface area contributed by atoms with Crippen LogP contribution in [0.3, 0.4) is 0 Å². The third-order valence-electron chi connectivity index (χ3n) is 5.61. The summed E-state index contributed by atoms with van der Waals surface area (Å²) in [5, 5.41) is 14.0. The van der Waals surface area contributed by atoms with Crippen molar-refractivity contribution < 1.29 is 14.6 Å². The molecule has 1 aromatic rings. The maximum absolute atomic E-state index is 12.7. The number of carbonyl (C=O) groups excluding carboxylic acids is 1. The Morgan fingerprint density at radius 1 is 1.16 bits per heavy atom. The lowest BCUT2D eigenvalue weighted by molar-refractivity contribution is -0.116. The van der Waals surface area contributed by atoms with E-state index in [9.17, 15) is 9.90 Å². The number of rotatable bonds is 3. The van der Waals surface area contributed by atoms with Gasteiger partial charge in [0.25, 0.3) is 0 Å². The van der Waals surface area contributed by atoms with Crippen molar-refractivity contribution in [1.82, 2.24) is 5.32 Å². The molecule has 0 aromatic heterocycles. The average Bonchev–Trinajstić information content (AvgIpc) is 3.04. The van der Waals surface area contributed by atoms with E-state index in [4.69, 9.17) is 9.73 Å². The molecular formula is C20H24N2O3. The second-order valence-corrected chi connectivity index (χ2v) is 7.20. The van der Waals surface area contributed by atoms with Gasteiger partial charge in [0.05, 0.1) is 18.7 Å². The van der Waals surface area contributed by atoms with E-state index in [1.165, 1.54) is 12.8 Å². The van der Waals surface area contributed by atoms with Gasteiger partial charge in [0.2, 0.25) is 0 Å². The van der Waals surface area contributed by atoms with Crippen molar-refractivity contribution >= 4 is 11.6 Å². The van der Waals surface area contributed by atoms with Crippen LogP contribution in [0, 0.1) is 0 Å². The van der Waals surface area contributed by atoms with Crippen molar-refractivity contribution in [2.75, 3.05) is 7.11 Å². The molecular weight excluding hydrogens is 316 g/mol. The van der Waals surface area contributed by atoms with Crippen LogP contribution in [0.5, 0.6) is 5.75 Å². The number of allylic oxidation sites excluding steroid dienone is 1. The monoisotopic (exact) mass is 340 g/mol. The molecule has 1 aliphatic heterocycles. The highest BCUT2D eigenvalue weighted by Gasteiger charge is 2.37. The zero-order valence-electron chi connectivity index (χ0n) is 14.5. The Morgan fingerprint density at radius 2 is 1.92 bits per heavy atom. The standard InChI is InChI=1S/C20H24N2O3/c1-25-14-8-6-12(7-9-14)13-10-17(23)19(18(24)11-13)20-21-15-4-2-3-5-16(15)22-20/h6-9,13,15-16,23H,2-5,10-11H2,1H3,(H,21,22)/t13?,15-,16+. The van der Waals surface area contributed by atoms with Crippen LogP contribution in [-0.2, 0) is 4.79 Å². The molecule has 0 amide bonds. The maximum atomic E-state index is 12.7. The molecule has 0 radical (unpaired) electrons. The quantitative estimate of drug-likeness (QED) is 0.886. The summed E-state index contributed by atoms with van der Waals surface area (Å²) < 4.78 is 5.18. The van der Waals surface area contributed by atoms with Gasteiger partial charge in [0.1, 0.15) is 17.3 Å². The van der Waals surface area contributed by atoms with Gasteiger partial charge in [0.15, 0.2) is 5.78 Å². The number of aliphatic hydroxyl groups is 1. The van der Waals surface area contributed by atoms with Crippen molar-refractivity contribution in [2.24, 2.45) is 4.99 Å². The highest BCUT2D eigenvalue weighted by molar-refractivity contribution is 6.23. The molecule has 132 valence electrons. The van der Waals surface area contributed by atoms with Crippen LogP contribution in [0.1, 0.15) is 50.0 Å². The first-order chi connectivity index (χ1) is 12.2. The molecule has 2 aliphatic carbocycles. The zero-order valence-corrected chi connectivity index (χ0v) is 14.5. The van der Waals surface area contributed by atoms with E-state index in [2.05, 4.69) is 5.32 Å². The fourth-order valence-electron chi connectivity index (χ4n) is 4.22. The summed E-state index contributed by atoms with van der Waals surface area (Å²) in [5.41, 5.74) is 1.47. The van der Waals surface area contributed by atoms with Crippen molar-refractivity contribution in [3.63, 3.8) is 0 Å². The molecule has 0 bridgehead atoms. The normalized spacial score (nSPS) is 29.1. The van der Waals surface area contributed by atoms with E-state index in [1.807, 2.05) is 24.3 Å². The highest BCUT2D eigenvalue weighted by Crippen LogP contribution is 2.36. The molecule has 1 fully saturated rings. The van der Waals surface area contributed by atoms with E-state index in [-0.39, 0.29) is 23.5 Å². The number of fused-ring (bicyclic) bond motifs is 1. The lowest BCUT2D eigenvalue weighted by Crippen LogP contribution is -2.39. The Bertz CT molecular complexity index is 736. The predicted molar refractivity (Wildman–Crippen MR) is 96.2 cm³/mol. The molecule has 5 heteroatoms. The van der Waals surface area contributed by atoms with Crippen LogP contribution in [0.25, 0.3) is 0 Å². The van der Waals surface area contributed by atoms with Gasteiger partial charge in [-0.2, -0.15) is 0 Å². The first-order valence-electron chi connectivity index (χ1n) is 9.09. The molecule has 1 aromatic carbocycles. The smallest absolute Gasteiger partial charge is 0.170 e. The summed E-state index contributed by atoms with van der Waals surface area (Å²) in [4.78, 5) is 17.4. The molecule has 5 nitrogen and oxygen atoms in total. The fourth-order valence-corrected chi connectivity index (χ4v) is 4.22. The van der Waals surface area contributed by atoms with E-state index in [1.54, 1.807) is 7.11 Å². The first kappa shape index (κ1) is 16.2. The number of carbonyl (C=O) groups is 1. The number of aliphatic hydroxyl groups excluding tert-OH is 1. The zero-order chi connectivity index (χ0) is 17.4. The number of ether oxygens (including phenoxy) is 1. The lowest BCUT2D eigenvalue weighted by Gasteiger charge is -2.25. The van der Waals surface area contributed by atoms with E-state index in [0.717, 1.165) is 24.2 Å². The minimum Gasteiger partial charge on any atom is -0.511 e. The third-order valence-corrected chi connectivity index (χ3v) is 5.61. The summed E-state index contributed by atoms with van der Waals surface area (Å²) in [6.45, 7) is 0. The summed E-state index contributed by atoms with van der Waals surface area (Å²) in [6, 6.07) is 8.31. The van der Waals surface area contributed by atoms with Crippen LogP contribution < -0.4 is 10.1 Å². The number of nitrogens with zero attached hydrogens (tertiary/aromatic N) is 1. The number of amidine groups is 1. The van der Waals surface area contributed by atoms with Gasteiger partial charge in [-0.05, 0) is 36.5 Å². The number of methoxy groups -OCH3 is 1. The first-order valence-corrected chi connectivity index (χ1v) is 9.09. The minimum atomic E-state index is -0.0190. The molecule has 2 N–H and O–H groups in total. The van der Waals surface area contributed by atoms with Gasteiger partial charge < -0.3 is 15.2 Å². The Morgan fingerprint density at radius 3 is 2.60 bits per heavy atom. The van der Waals surface area contributed by atoms with Crippen LogP contribution in [0.2, 0.25) is 0 Å². The number of nitrogens with one attached hydrogen (secondary N) is 1. The Labute approximate surface area is 147 Å².